The largest absolute Gasteiger partial charge is 0.492 e. The summed E-state index contributed by atoms with van der Waals surface area (Å²) in [7, 11) is 1.93. The van der Waals surface area contributed by atoms with Crippen LogP contribution >= 0.6 is 0 Å². The number of anilines is 1. The molecule has 1 saturated heterocycles. The van der Waals surface area contributed by atoms with E-state index in [9.17, 15) is 13.2 Å². The molecule has 1 fully saturated rings. The van der Waals surface area contributed by atoms with Crippen LogP contribution in [0.5, 0.6) is 5.75 Å². The van der Waals surface area contributed by atoms with Gasteiger partial charge in [0.25, 0.3) is 0 Å². The minimum absolute atomic E-state index is 0.211. The van der Waals surface area contributed by atoms with E-state index in [4.69, 9.17) is 9.47 Å². The van der Waals surface area contributed by atoms with Crippen LogP contribution in [0.1, 0.15) is 16.8 Å². The van der Waals surface area contributed by atoms with Gasteiger partial charge in [0.2, 0.25) is 0 Å². The number of rotatable bonds is 7. The maximum Gasteiger partial charge on any atom is 0.416 e. The van der Waals surface area contributed by atoms with Crippen molar-refractivity contribution < 1.29 is 22.6 Å². The number of ether oxygens (including phenoxy) is 2. The van der Waals surface area contributed by atoms with Crippen molar-refractivity contribution >= 4 is 5.82 Å². The van der Waals surface area contributed by atoms with Crippen LogP contribution in [0, 0.1) is 6.92 Å². The summed E-state index contributed by atoms with van der Waals surface area (Å²) in [5.41, 5.74) is 1.36. The molecule has 1 N–H and O–H groups in total. The zero-order chi connectivity index (χ0) is 20.1. The van der Waals surface area contributed by atoms with Crippen LogP contribution in [-0.2, 0) is 24.5 Å². The third kappa shape index (κ3) is 4.96. The van der Waals surface area contributed by atoms with E-state index in [-0.39, 0.29) is 12.4 Å². The highest BCUT2D eigenvalue weighted by molar-refractivity contribution is 5.50. The van der Waals surface area contributed by atoms with Gasteiger partial charge in [-0.05, 0) is 25.1 Å². The molecule has 2 heterocycles. The van der Waals surface area contributed by atoms with Gasteiger partial charge in [-0.1, -0.05) is 6.07 Å². The van der Waals surface area contributed by atoms with Crippen molar-refractivity contribution in [2.24, 2.45) is 7.05 Å². The first-order valence-corrected chi connectivity index (χ1v) is 9.22. The fraction of sp³-hybridized carbons (Fsp3) is 0.526. The third-order valence-electron chi connectivity index (χ3n) is 4.63. The molecule has 0 aliphatic carbocycles. The average molecular weight is 398 g/mol. The number of nitrogens with zero attached hydrogens (tertiary/aromatic N) is 3. The second-order valence-electron chi connectivity index (χ2n) is 6.66. The van der Waals surface area contributed by atoms with Crippen LogP contribution in [-0.4, -0.2) is 49.2 Å². The van der Waals surface area contributed by atoms with E-state index in [0.29, 0.717) is 26.3 Å². The normalized spacial score (nSPS) is 15.1. The molecule has 0 bridgehead atoms. The molecule has 1 aromatic heterocycles. The summed E-state index contributed by atoms with van der Waals surface area (Å²) in [5.74, 6) is 1.29. The van der Waals surface area contributed by atoms with Crippen molar-refractivity contribution in [1.29, 1.82) is 0 Å². The molecule has 0 radical (unpaired) electrons. The number of hydrogen-bond donors (Lipinski definition) is 1. The van der Waals surface area contributed by atoms with Gasteiger partial charge in [-0.15, -0.1) is 0 Å². The second-order valence-corrected chi connectivity index (χ2v) is 6.66. The van der Waals surface area contributed by atoms with E-state index in [1.165, 1.54) is 12.1 Å². The van der Waals surface area contributed by atoms with Gasteiger partial charge in [-0.2, -0.15) is 18.3 Å². The summed E-state index contributed by atoms with van der Waals surface area (Å²) >= 11 is 0. The monoisotopic (exact) mass is 398 g/mol. The third-order valence-corrected chi connectivity index (χ3v) is 4.63. The fourth-order valence-electron chi connectivity index (χ4n) is 3.28. The van der Waals surface area contributed by atoms with E-state index in [0.717, 1.165) is 42.3 Å². The number of benzene rings is 1. The Balaban J connectivity index is 1.52. The fourth-order valence-corrected chi connectivity index (χ4v) is 3.28. The van der Waals surface area contributed by atoms with Gasteiger partial charge in [0, 0.05) is 38.8 Å². The molecule has 6 nitrogen and oxygen atoms in total. The number of alkyl halides is 3. The number of halogens is 3. The Morgan fingerprint density at radius 1 is 1.25 bits per heavy atom. The average Bonchev–Trinajstić information content (AvgIpc) is 2.95. The molecule has 9 heteroatoms. The minimum atomic E-state index is -4.37. The van der Waals surface area contributed by atoms with E-state index in [1.54, 1.807) is 0 Å². The van der Waals surface area contributed by atoms with Gasteiger partial charge in [-0.3, -0.25) is 4.68 Å². The molecule has 1 aliphatic heterocycles. The summed E-state index contributed by atoms with van der Waals surface area (Å²) in [5, 5.41) is 7.81. The zero-order valence-electron chi connectivity index (χ0n) is 16.1. The summed E-state index contributed by atoms with van der Waals surface area (Å²) in [6, 6.07) is 4.92. The first-order chi connectivity index (χ1) is 13.4. The highest BCUT2D eigenvalue weighted by Gasteiger charge is 2.30. The maximum absolute atomic E-state index is 12.7. The number of morpholine rings is 1. The van der Waals surface area contributed by atoms with Crippen LogP contribution in [0.2, 0.25) is 0 Å². The molecule has 2 aromatic rings. The standard InChI is InChI=1S/C19H25F3N4O2/c1-14-17(18(25(2)24-14)26-7-10-27-11-8-26)13-23-6-9-28-16-5-3-4-15(12-16)19(20,21)22/h3-5,12,23H,6-11,13H2,1-2H3. The van der Waals surface area contributed by atoms with Crippen LogP contribution in [0.3, 0.4) is 0 Å². The molecule has 0 atom stereocenters. The van der Waals surface area contributed by atoms with Gasteiger partial charge in [0.15, 0.2) is 0 Å². The topological polar surface area (TPSA) is 51.5 Å². The van der Waals surface area contributed by atoms with Gasteiger partial charge >= 0.3 is 6.18 Å². The van der Waals surface area contributed by atoms with Gasteiger partial charge in [0.1, 0.15) is 18.2 Å². The summed E-state index contributed by atoms with van der Waals surface area (Å²) in [4.78, 5) is 2.26. The molecule has 0 spiro atoms. The quantitative estimate of drug-likeness (QED) is 0.727. The molecule has 0 unspecified atom stereocenters. The number of aryl methyl sites for hydroxylation is 2. The maximum atomic E-state index is 12.7. The Hall–Kier alpha value is -2.26. The Bertz CT molecular complexity index is 786. The number of nitrogens with one attached hydrogen (secondary N) is 1. The van der Waals surface area contributed by atoms with E-state index in [2.05, 4.69) is 15.3 Å². The van der Waals surface area contributed by atoms with Crippen molar-refractivity contribution in [2.75, 3.05) is 44.4 Å². The molecule has 0 amide bonds. The van der Waals surface area contributed by atoms with Crippen molar-refractivity contribution in [2.45, 2.75) is 19.6 Å². The van der Waals surface area contributed by atoms with E-state index in [1.807, 2.05) is 18.7 Å². The molecule has 1 aliphatic rings. The van der Waals surface area contributed by atoms with Crippen LogP contribution in [0.4, 0.5) is 19.0 Å². The first-order valence-electron chi connectivity index (χ1n) is 9.22. The summed E-state index contributed by atoms with van der Waals surface area (Å²) in [6.45, 7) is 6.40. The Kier molecular flexibility index (Phi) is 6.46. The smallest absolute Gasteiger partial charge is 0.416 e. The highest BCUT2D eigenvalue weighted by atomic mass is 19.4. The molecule has 154 valence electrons. The van der Waals surface area contributed by atoms with E-state index >= 15 is 0 Å². The lowest BCUT2D eigenvalue weighted by Crippen LogP contribution is -2.38. The number of hydrogen-bond acceptors (Lipinski definition) is 5. The molecule has 28 heavy (non-hydrogen) atoms. The highest BCUT2D eigenvalue weighted by Crippen LogP contribution is 2.31. The number of aromatic nitrogens is 2. The van der Waals surface area contributed by atoms with Crippen LogP contribution in [0.15, 0.2) is 24.3 Å². The van der Waals surface area contributed by atoms with Crippen LogP contribution < -0.4 is 15.0 Å². The van der Waals surface area contributed by atoms with Crippen molar-refractivity contribution in [3.05, 3.63) is 41.1 Å². The van der Waals surface area contributed by atoms with Gasteiger partial charge in [-0.25, -0.2) is 0 Å². The molecular weight excluding hydrogens is 373 g/mol. The van der Waals surface area contributed by atoms with Crippen molar-refractivity contribution in [3.8, 4) is 5.75 Å². The molecule has 0 saturated carbocycles. The van der Waals surface area contributed by atoms with Crippen molar-refractivity contribution in [3.63, 3.8) is 0 Å². The second kappa shape index (κ2) is 8.83. The lowest BCUT2D eigenvalue weighted by molar-refractivity contribution is -0.137. The Morgan fingerprint density at radius 3 is 2.71 bits per heavy atom. The lowest BCUT2D eigenvalue weighted by atomic mass is 10.2. The predicted molar refractivity (Wildman–Crippen MR) is 99.6 cm³/mol. The SMILES string of the molecule is Cc1nn(C)c(N2CCOCC2)c1CNCCOc1cccc(C(F)(F)F)c1. The lowest BCUT2D eigenvalue weighted by Gasteiger charge is -2.29. The minimum Gasteiger partial charge on any atom is -0.492 e. The van der Waals surface area contributed by atoms with Gasteiger partial charge < -0.3 is 19.7 Å². The zero-order valence-corrected chi connectivity index (χ0v) is 16.1. The Labute approximate surface area is 162 Å². The first kappa shape index (κ1) is 20.5. The molecular formula is C19H25F3N4O2. The summed E-state index contributed by atoms with van der Waals surface area (Å²) in [6.07, 6.45) is -4.37. The van der Waals surface area contributed by atoms with Crippen molar-refractivity contribution in [1.82, 2.24) is 15.1 Å². The van der Waals surface area contributed by atoms with Gasteiger partial charge in [0.05, 0.1) is 24.5 Å². The van der Waals surface area contributed by atoms with E-state index < -0.39 is 11.7 Å². The van der Waals surface area contributed by atoms with Crippen LogP contribution in [0.25, 0.3) is 0 Å². The predicted octanol–water partition coefficient (Wildman–Crippen LogP) is 2.75. The Morgan fingerprint density at radius 2 is 2.00 bits per heavy atom. The molecule has 1 aromatic carbocycles. The summed E-state index contributed by atoms with van der Waals surface area (Å²) < 4.78 is 51.0. The molecule has 3 rings (SSSR count).